The van der Waals surface area contributed by atoms with E-state index in [9.17, 15) is 0 Å². The fraction of sp³-hybridized carbons (Fsp3) is 0.450. The van der Waals surface area contributed by atoms with Crippen molar-refractivity contribution >= 4 is 5.82 Å². The van der Waals surface area contributed by atoms with Gasteiger partial charge in [0.25, 0.3) is 0 Å². The van der Waals surface area contributed by atoms with Crippen LogP contribution in [0.3, 0.4) is 0 Å². The predicted molar refractivity (Wildman–Crippen MR) is 97.4 cm³/mol. The lowest BCUT2D eigenvalue weighted by Crippen LogP contribution is -2.40. The Morgan fingerprint density at radius 2 is 2.00 bits per heavy atom. The van der Waals surface area contributed by atoms with Crippen LogP contribution in [0.25, 0.3) is 11.3 Å². The molecule has 4 rings (SSSR count). The number of nitrogens with one attached hydrogen (secondary N) is 1. The fourth-order valence-electron chi connectivity index (χ4n) is 3.47. The minimum atomic E-state index is -0.189. The van der Waals surface area contributed by atoms with Crippen molar-refractivity contribution in [3.05, 3.63) is 42.0 Å². The number of pyridine rings is 1. The maximum atomic E-state index is 5.99. The van der Waals surface area contributed by atoms with Crippen molar-refractivity contribution in [2.75, 3.05) is 25.0 Å². The number of nitrogens with zero attached hydrogens (tertiary/aromatic N) is 2. The second-order valence-corrected chi connectivity index (χ2v) is 7.44. The molecule has 0 saturated carbocycles. The highest BCUT2D eigenvalue weighted by molar-refractivity contribution is 5.65. The number of hydrogen-bond acceptors (Lipinski definition) is 4. The second-order valence-electron chi connectivity index (χ2n) is 7.44. The molecular weight excluding hydrogens is 298 g/mol. The van der Waals surface area contributed by atoms with Gasteiger partial charge >= 0.3 is 0 Å². The summed E-state index contributed by atoms with van der Waals surface area (Å²) in [5.41, 5.74) is 3.33. The third-order valence-electron chi connectivity index (χ3n) is 4.75. The molecule has 1 aromatic heterocycles. The molecule has 2 aliphatic rings. The molecule has 24 heavy (non-hydrogen) atoms. The molecule has 0 radical (unpaired) electrons. The molecule has 4 nitrogen and oxygen atoms in total. The van der Waals surface area contributed by atoms with E-state index in [-0.39, 0.29) is 5.60 Å². The topological polar surface area (TPSA) is 37.4 Å². The van der Waals surface area contributed by atoms with Crippen molar-refractivity contribution in [1.29, 1.82) is 0 Å². The molecule has 1 N–H and O–H groups in total. The van der Waals surface area contributed by atoms with Crippen LogP contribution >= 0.6 is 0 Å². The summed E-state index contributed by atoms with van der Waals surface area (Å²) in [7, 11) is 0. The first-order valence-corrected chi connectivity index (χ1v) is 8.85. The molecule has 1 fully saturated rings. The van der Waals surface area contributed by atoms with Gasteiger partial charge in [0.05, 0.1) is 12.2 Å². The third kappa shape index (κ3) is 3.24. The van der Waals surface area contributed by atoms with Crippen LogP contribution in [0.4, 0.5) is 5.82 Å². The van der Waals surface area contributed by atoms with Crippen LogP contribution in [0.5, 0.6) is 5.75 Å². The maximum Gasteiger partial charge on any atom is 0.169 e. The largest absolute Gasteiger partial charge is 0.482 e. The van der Waals surface area contributed by atoms with E-state index < -0.39 is 0 Å². The molecule has 0 amide bonds. The van der Waals surface area contributed by atoms with Gasteiger partial charge in [0.15, 0.2) is 11.6 Å². The van der Waals surface area contributed by atoms with Crippen LogP contribution in [-0.2, 0) is 6.54 Å². The van der Waals surface area contributed by atoms with Crippen LogP contribution in [0.15, 0.2) is 36.4 Å². The first-order chi connectivity index (χ1) is 11.6. The van der Waals surface area contributed by atoms with Crippen LogP contribution in [0, 0.1) is 0 Å². The Bertz CT molecular complexity index is 735. The first-order valence-electron chi connectivity index (χ1n) is 8.85. The Labute approximate surface area is 143 Å². The molecule has 0 bridgehead atoms. The van der Waals surface area contributed by atoms with Gasteiger partial charge in [-0.05, 0) is 63.5 Å². The van der Waals surface area contributed by atoms with E-state index in [0.717, 1.165) is 30.4 Å². The molecule has 0 atom stereocenters. The number of fused-ring (bicyclic) bond motifs is 1. The van der Waals surface area contributed by atoms with E-state index in [1.54, 1.807) is 0 Å². The number of likely N-dealkylation sites (tertiary alicyclic amines) is 1. The number of anilines is 1. The number of benzene rings is 1. The summed E-state index contributed by atoms with van der Waals surface area (Å²) in [5.74, 6) is 1.68. The number of aromatic nitrogens is 1. The Morgan fingerprint density at radius 1 is 1.17 bits per heavy atom. The summed E-state index contributed by atoms with van der Waals surface area (Å²) in [6.45, 7) is 8.41. The van der Waals surface area contributed by atoms with Crippen molar-refractivity contribution in [2.24, 2.45) is 0 Å². The number of ether oxygens (including phenoxy) is 1. The van der Waals surface area contributed by atoms with Gasteiger partial charge in [-0.25, -0.2) is 4.98 Å². The first kappa shape index (κ1) is 15.5. The van der Waals surface area contributed by atoms with Crippen molar-refractivity contribution in [3.8, 4) is 17.0 Å². The van der Waals surface area contributed by atoms with E-state index in [2.05, 4.69) is 54.4 Å². The van der Waals surface area contributed by atoms with Crippen molar-refractivity contribution in [1.82, 2.24) is 9.88 Å². The average molecular weight is 323 g/mol. The third-order valence-corrected chi connectivity index (χ3v) is 4.75. The molecule has 2 aromatic rings. The van der Waals surface area contributed by atoms with E-state index in [1.807, 2.05) is 6.07 Å². The van der Waals surface area contributed by atoms with Gasteiger partial charge in [0, 0.05) is 12.1 Å². The molecule has 126 valence electrons. The Kier molecular flexibility index (Phi) is 3.93. The lowest BCUT2D eigenvalue weighted by Gasteiger charge is -2.32. The van der Waals surface area contributed by atoms with Gasteiger partial charge in [-0.1, -0.05) is 18.2 Å². The predicted octanol–water partition coefficient (Wildman–Crippen LogP) is 3.93. The SMILES string of the molecule is CC1(C)CNc2nc(-c3cccc(CN4CCCC4)c3)ccc2O1. The fourth-order valence-corrected chi connectivity index (χ4v) is 3.47. The summed E-state index contributed by atoms with van der Waals surface area (Å²) in [4.78, 5) is 7.30. The Balaban J connectivity index is 1.57. The molecule has 2 aliphatic heterocycles. The van der Waals surface area contributed by atoms with Gasteiger partial charge in [-0.15, -0.1) is 0 Å². The zero-order valence-electron chi connectivity index (χ0n) is 14.5. The molecule has 1 aromatic carbocycles. The van der Waals surface area contributed by atoms with Crippen molar-refractivity contribution in [2.45, 2.75) is 38.8 Å². The van der Waals surface area contributed by atoms with E-state index in [1.165, 1.54) is 37.1 Å². The highest BCUT2D eigenvalue weighted by Gasteiger charge is 2.27. The zero-order chi connectivity index (χ0) is 16.6. The summed E-state index contributed by atoms with van der Waals surface area (Å²) in [6, 6.07) is 12.8. The molecule has 1 saturated heterocycles. The standard InChI is InChI=1S/C20H25N3O/c1-20(2)14-21-19-18(24-20)9-8-17(22-19)16-7-5-6-15(12-16)13-23-10-3-4-11-23/h5-9,12H,3-4,10-11,13-14H2,1-2H3,(H,21,22). The Morgan fingerprint density at radius 3 is 2.83 bits per heavy atom. The normalized spacial score (nSPS) is 19.4. The average Bonchev–Trinajstić information content (AvgIpc) is 3.07. The smallest absolute Gasteiger partial charge is 0.169 e. The van der Waals surface area contributed by atoms with Crippen molar-refractivity contribution in [3.63, 3.8) is 0 Å². The van der Waals surface area contributed by atoms with E-state index >= 15 is 0 Å². The summed E-state index contributed by atoms with van der Waals surface area (Å²) >= 11 is 0. The van der Waals surface area contributed by atoms with Crippen molar-refractivity contribution < 1.29 is 4.74 Å². The van der Waals surface area contributed by atoms with Gasteiger partial charge in [0.1, 0.15) is 5.60 Å². The highest BCUT2D eigenvalue weighted by Crippen LogP contribution is 2.33. The van der Waals surface area contributed by atoms with Gasteiger partial charge in [-0.2, -0.15) is 0 Å². The Hall–Kier alpha value is -2.07. The molecule has 0 aliphatic carbocycles. The quantitative estimate of drug-likeness (QED) is 0.929. The van der Waals surface area contributed by atoms with Gasteiger partial charge < -0.3 is 10.1 Å². The highest BCUT2D eigenvalue weighted by atomic mass is 16.5. The van der Waals surface area contributed by atoms with Crippen LogP contribution in [0.2, 0.25) is 0 Å². The van der Waals surface area contributed by atoms with Crippen LogP contribution in [0.1, 0.15) is 32.3 Å². The van der Waals surface area contributed by atoms with Crippen LogP contribution in [-0.4, -0.2) is 35.1 Å². The summed E-state index contributed by atoms with van der Waals surface area (Å²) in [5, 5.41) is 3.39. The monoisotopic (exact) mass is 323 g/mol. The maximum absolute atomic E-state index is 5.99. The molecule has 0 unspecified atom stereocenters. The minimum absolute atomic E-state index is 0.189. The lowest BCUT2D eigenvalue weighted by molar-refractivity contribution is 0.115. The molecular formula is C20H25N3O. The zero-order valence-corrected chi connectivity index (χ0v) is 14.5. The second kappa shape index (κ2) is 6.10. The lowest BCUT2D eigenvalue weighted by atomic mass is 10.1. The number of rotatable bonds is 3. The minimum Gasteiger partial charge on any atom is -0.482 e. The van der Waals surface area contributed by atoms with E-state index in [4.69, 9.17) is 9.72 Å². The molecule has 4 heteroatoms. The summed E-state index contributed by atoms with van der Waals surface area (Å²) in [6.07, 6.45) is 2.65. The van der Waals surface area contributed by atoms with E-state index in [0.29, 0.717) is 0 Å². The summed E-state index contributed by atoms with van der Waals surface area (Å²) < 4.78 is 5.99. The van der Waals surface area contributed by atoms with Gasteiger partial charge in [-0.3, -0.25) is 4.90 Å². The van der Waals surface area contributed by atoms with Crippen LogP contribution < -0.4 is 10.1 Å². The molecule has 3 heterocycles. The number of hydrogen-bond donors (Lipinski definition) is 1. The molecule has 0 spiro atoms. The van der Waals surface area contributed by atoms with Gasteiger partial charge in [0.2, 0.25) is 0 Å².